The third-order valence-electron chi connectivity index (χ3n) is 3.90. The Balaban J connectivity index is 1.80. The zero-order valence-electron chi connectivity index (χ0n) is 11.6. The van der Waals surface area contributed by atoms with Gasteiger partial charge in [0.15, 0.2) is 0 Å². The minimum absolute atomic E-state index is 0.0486. The molecule has 106 valence electrons. The summed E-state index contributed by atoms with van der Waals surface area (Å²) in [6.07, 6.45) is 1.20. The third-order valence-corrected chi connectivity index (χ3v) is 3.90. The van der Waals surface area contributed by atoms with Crippen LogP contribution in [-0.2, 0) is 11.2 Å². The number of anilines is 1. The highest BCUT2D eigenvalue weighted by molar-refractivity contribution is 5.98. The monoisotopic (exact) mass is 273 g/mol. The maximum absolute atomic E-state index is 12.5. The number of piperazine rings is 1. The lowest BCUT2D eigenvalue weighted by atomic mass is 9.99. The minimum atomic E-state index is 0.0486. The summed E-state index contributed by atoms with van der Waals surface area (Å²) in [6, 6.07) is 5.90. The van der Waals surface area contributed by atoms with Gasteiger partial charge in [-0.25, -0.2) is 0 Å². The summed E-state index contributed by atoms with van der Waals surface area (Å²) in [5.41, 5.74) is 2.61. The van der Waals surface area contributed by atoms with Crippen molar-refractivity contribution in [1.82, 2.24) is 10.2 Å². The van der Waals surface area contributed by atoms with Gasteiger partial charge in [-0.3, -0.25) is 9.59 Å². The molecule has 1 fully saturated rings. The van der Waals surface area contributed by atoms with E-state index in [1.807, 2.05) is 17.0 Å². The first-order valence-corrected chi connectivity index (χ1v) is 7.09. The number of nitrogens with zero attached hydrogens (tertiary/aromatic N) is 1. The molecule has 0 spiro atoms. The fraction of sp³-hybridized carbons (Fsp3) is 0.467. The predicted octanol–water partition coefficient (Wildman–Crippen LogP) is 1.01. The molecule has 0 bridgehead atoms. The molecule has 1 aromatic rings. The van der Waals surface area contributed by atoms with Gasteiger partial charge >= 0.3 is 0 Å². The normalized spacial score (nSPS) is 22.1. The van der Waals surface area contributed by atoms with Crippen LogP contribution in [0.1, 0.15) is 29.3 Å². The lowest BCUT2D eigenvalue weighted by Gasteiger charge is -2.32. The van der Waals surface area contributed by atoms with Crippen LogP contribution in [0, 0.1) is 0 Å². The van der Waals surface area contributed by atoms with Gasteiger partial charge in [-0.2, -0.15) is 0 Å². The predicted molar refractivity (Wildman–Crippen MR) is 76.8 cm³/mol. The van der Waals surface area contributed by atoms with Gasteiger partial charge in [-0.1, -0.05) is 0 Å². The summed E-state index contributed by atoms with van der Waals surface area (Å²) in [5, 5.41) is 6.17. The van der Waals surface area contributed by atoms with Crippen LogP contribution < -0.4 is 10.6 Å². The summed E-state index contributed by atoms with van der Waals surface area (Å²) in [4.78, 5) is 25.7. The number of rotatable bonds is 1. The summed E-state index contributed by atoms with van der Waals surface area (Å²) < 4.78 is 0. The van der Waals surface area contributed by atoms with E-state index in [-0.39, 0.29) is 11.8 Å². The van der Waals surface area contributed by atoms with Gasteiger partial charge < -0.3 is 15.5 Å². The van der Waals surface area contributed by atoms with Crippen molar-refractivity contribution in [1.29, 1.82) is 0 Å². The molecule has 0 aromatic heterocycles. The zero-order valence-corrected chi connectivity index (χ0v) is 11.6. The first kappa shape index (κ1) is 13.1. The molecule has 2 amide bonds. The van der Waals surface area contributed by atoms with E-state index < -0.39 is 0 Å². The third kappa shape index (κ3) is 2.54. The van der Waals surface area contributed by atoms with E-state index in [4.69, 9.17) is 0 Å². The standard InChI is InChI=1S/C15H19N3O2/c1-10-9-18(7-6-16-10)15(20)12-2-4-13-11(8-12)3-5-14(19)17-13/h2,4,8,10,16H,3,5-7,9H2,1H3,(H,17,19). The zero-order chi connectivity index (χ0) is 14.1. The molecule has 5 heteroatoms. The van der Waals surface area contributed by atoms with E-state index >= 15 is 0 Å². The van der Waals surface area contributed by atoms with Crippen LogP contribution in [0.15, 0.2) is 18.2 Å². The maximum atomic E-state index is 12.5. The molecule has 0 saturated carbocycles. The number of amides is 2. The summed E-state index contributed by atoms with van der Waals surface area (Å²) in [6.45, 7) is 4.42. The maximum Gasteiger partial charge on any atom is 0.253 e. The fourth-order valence-corrected chi connectivity index (χ4v) is 2.82. The number of hydrogen-bond donors (Lipinski definition) is 2. The van der Waals surface area contributed by atoms with E-state index in [0.717, 1.165) is 30.9 Å². The second-order valence-corrected chi connectivity index (χ2v) is 5.53. The first-order valence-electron chi connectivity index (χ1n) is 7.09. The number of hydrogen-bond acceptors (Lipinski definition) is 3. The molecule has 2 N–H and O–H groups in total. The highest BCUT2D eigenvalue weighted by atomic mass is 16.2. The van der Waals surface area contributed by atoms with Crippen molar-refractivity contribution in [2.75, 3.05) is 25.0 Å². The van der Waals surface area contributed by atoms with Gasteiger partial charge in [0, 0.05) is 43.3 Å². The van der Waals surface area contributed by atoms with Gasteiger partial charge in [-0.15, -0.1) is 0 Å². The quantitative estimate of drug-likeness (QED) is 0.802. The van der Waals surface area contributed by atoms with E-state index in [9.17, 15) is 9.59 Å². The molecular formula is C15H19N3O2. The largest absolute Gasteiger partial charge is 0.336 e. The topological polar surface area (TPSA) is 61.4 Å². The Morgan fingerprint density at radius 1 is 1.35 bits per heavy atom. The Labute approximate surface area is 118 Å². The van der Waals surface area contributed by atoms with Gasteiger partial charge in [0.2, 0.25) is 5.91 Å². The van der Waals surface area contributed by atoms with Crippen molar-refractivity contribution in [3.8, 4) is 0 Å². The Bertz CT molecular complexity index is 556. The Kier molecular flexibility index (Phi) is 3.44. The number of benzene rings is 1. The highest BCUT2D eigenvalue weighted by Crippen LogP contribution is 2.24. The second-order valence-electron chi connectivity index (χ2n) is 5.53. The SMILES string of the molecule is CC1CN(C(=O)c2ccc3c(c2)CCC(=O)N3)CCN1. The van der Waals surface area contributed by atoms with Crippen molar-refractivity contribution in [3.05, 3.63) is 29.3 Å². The van der Waals surface area contributed by atoms with Crippen molar-refractivity contribution in [2.24, 2.45) is 0 Å². The van der Waals surface area contributed by atoms with Crippen molar-refractivity contribution >= 4 is 17.5 Å². The summed E-state index contributed by atoms with van der Waals surface area (Å²) in [5.74, 6) is 0.130. The van der Waals surface area contributed by atoms with E-state index in [0.29, 0.717) is 24.4 Å². The molecule has 1 atom stereocenters. The molecule has 2 aliphatic heterocycles. The van der Waals surface area contributed by atoms with Crippen LogP contribution >= 0.6 is 0 Å². The molecule has 3 rings (SSSR count). The molecule has 5 nitrogen and oxygen atoms in total. The molecule has 0 radical (unpaired) electrons. The van der Waals surface area contributed by atoms with E-state index in [1.165, 1.54) is 0 Å². The summed E-state index contributed by atoms with van der Waals surface area (Å²) >= 11 is 0. The molecule has 1 unspecified atom stereocenters. The van der Waals surface area contributed by atoms with Gasteiger partial charge in [0.25, 0.3) is 5.91 Å². The molecule has 2 heterocycles. The average Bonchev–Trinajstić information content (AvgIpc) is 2.46. The molecular weight excluding hydrogens is 254 g/mol. The smallest absolute Gasteiger partial charge is 0.253 e. The van der Waals surface area contributed by atoms with Crippen LogP contribution in [0.4, 0.5) is 5.69 Å². The number of carbonyl (C=O) groups excluding carboxylic acids is 2. The highest BCUT2D eigenvalue weighted by Gasteiger charge is 2.23. The van der Waals surface area contributed by atoms with E-state index in [2.05, 4.69) is 17.6 Å². The number of aryl methyl sites for hydroxylation is 1. The number of nitrogens with one attached hydrogen (secondary N) is 2. The minimum Gasteiger partial charge on any atom is -0.336 e. The second kappa shape index (κ2) is 5.25. The van der Waals surface area contributed by atoms with Crippen LogP contribution in [0.5, 0.6) is 0 Å². The summed E-state index contributed by atoms with van der Waals surface area (Å²) in [7, 11) is 0. The van der Waals surface area contributed by atoms with Crippen molar-refractivity contribution in [3.63, 3.8) is 0 Å². The number of fused-ring (bicyclic) bond motifs is 1. The van der Waals surface area contributed by atoms with Gasteiger partial charge in [0.1, 0.15) is 0 Å². The number of carbonyl (C=O) groups is 2. The van der Waals surface area contributed by atoms with Crippen molar-refractivity contribution in [2.45, 2.75) is 25.8 Å². The van der Waals surface area contributed by atoms with Gasteiger partial charge in [-0.05, 0) is 37.1 Å². The fourth-order valence-electron chi connectivity index (χ4n) is 2.82. The average molecular weight is 273 g/mol. The first-order chi connectivity index (χ1) is 9.63. The van der Waals surface area contributed by atoms with Crippen LogP contribution in [0.2, 0.25) is 0 Å². The molecule has 2 aliphatic rings. The molecule has 1 aromatic carbocycles. The lowest BCUT2D eigenvalue weighted by molar-refractivity contribution is -0.116. The Hall–Kier alpha value is -1.88. The Morgan fingerprint density at radius 3 is 3.00 bits per heavy atom. The molecule has 20 heavy (non-hydrogen) atoms. The van der Waals surface area contributed by atoms with Crippen LogP contribution in [0.3, 0.4) is 0 Å². The van der Waals surface area contributed by atoms with Crippen LogP contribution in [-0.4, -0.2) is 42.4 Å². The molecule has 1 saturated heterocycles. The Morgan fingerprint density at radius 2 is 2.20 bits per heavy atom. The van der Waals surface area contributed by atoms with Crippen LogP contribution in [0.25, 0.3) is 0 Å². The van der Waals surface area contributed by atoms with Crippen molar-refractivity contribution < 1.29 is 9.59 Å². The molecule has 0 aliphatic carbocycles. The van der Waals surface area contributed by atoms with E-state index in [1.54, 1.807) is 6.07 Å². The lowest BCUT2D eigenvalue weighted by Crippen LogP contribution is -2.51. The van der Waals surface area contributed by atoms with Gasteiger partial charge in [0.05, 0.1) is 0 Å².